The molecule has 0 saturated heterocycles. The SMILES string of the molecule is CNC(C)(C)C(=O)c1ccc(C)c(F)c1F. The topological polar surface area (TPSA) is 29.1 Å². The van der Waals surface area contributed by atoms with Gasteiger partial charge >= 0.3 is 0 Å². The molecule has 16 heavy (non-hydrogen) atoms. The maximum absolute atomic E-state index is 13.6. The molecular weight excluding hydrogens is 212 g/mol. The third kappa shape index (κ3) is 2.11. The number of carbonyl (C=O) groups excluding carboxylic acids is 1. The van der Waals surface area contributed by atoms with Crippen molar-refractivity contribution in [3.63, 3.8) is 0 Å². The van der Waals surface area contributed by atoms with Gasteiger partial charge < -0.3 is 5.32 Å². The lowest BCUT2D eigenvalue weighted by atomic mass is 9.92. The normalized spacial score (nSPS) is 11.6. The Labute approximate surface area is 93.7 Å². The van der Waals surface area contributed by atoms with E-state index in [1.807, 2.05) is 0 Å². The van der Waals surface area contributed by atoms with Crippen molar-refractivity contribution in [3.8, 4) is 0 Å². The lowest BCUT2D eigenvalue weighted by Gasteiger charge is -2.22. The van der Waals surface area contributed by atoms with Crippen molar-refractivity contribution < 1.29 is 13.6 Å². The molecule has 4 heteroatoms. The largest absolute Gasteiger partial charge is 0.308 e. The molecule has 0 amide bonds. The fourth-order valence-electron chi connectivity index (χ4n) is 1.27. The number of aryl methyl sites for hydroxylation is 1. The van der Waals surface area contributed by atoms with Crippen LogP contribution in [-0.2, 0) is 0 Å². The Kier molecular flexibility index (Phi) is 3.43. The Morgan fingerprint density at radius 1 is 1.25 bits per heavy atom. The molecule has 0 fully saturated rings. The number of ketones is 1. The second kappa shape index (κ2) is 4.29. The van der Waals surface area contributed by atoms with Gasteiger partial charge in [-0.25, -0.2) is 8.78 Å². The van der Waals surface area contributed by atoms with Crippen LogP contribution in [-0.4, -0.2) is 18.4 Å². The summed E-state index contributed by atoms with van der Waals surface area (Å²) in [5, 5.41) is 2.76. The highest BCUT2D eigenvalue weighted by Crippen LogP contribution is 2.20. The van der Waals surface area contributed by atoms with Crippen LogP contribution in [0, 0.1) is 18.6 Å². The van der Waals surface area contributed by atoms with Crippen LogP contribution < -0.4 is 5.32 Å². The van der Waals surface area contributed by atoms with E-state index >= 15 is 0 Å². The first-order valence-electron chi connectivity index (χ1n) is 4.99. The predicted molar refractivity (Wildman–Crippen MR) is 58.6 cm³/mol. The maximum atomic E-state index is 13.6. The van der Waals surface area contributed by atoms with Gasteiger partial charge in [0.05, 0.1) is 11.1 Å². The Morgan fingerprint density at radius 2 is 1.81 bits per heavy atom. The number of Topliss-reactive ketones (excluding diaryl/α,β-unsaturated/α-hetero) is 1. The molecule has 1 N–H and O–H groups in total. The molecule has 0 atom stereocenters. The van der Waals surface area contributed by atoms with Crippen LogP contribution in [0.15, 0.2) is 12.1 Å². The van der Waals surface area contributed by atoms with Crippen molar-refractivity contribution in [1.29, 1.82) is 0 Å². The second-order valence-corrected chi connectivity index (χ2v) is 4.26. The Bertz CT molecular complexity index is 427. The first kappa shape index (κ1) is 12.8. The summed E-state index contributed by atoms with van der Waals surface area (Å²) in [7, 11) is 1.60. The maximum Gasteiger partial charge on any atom is 0.185 e. The second-order valence-electron chi connectivity index (χ2n) is 4.26. The van der Waals surface area contributed by atoms with Gasteiger partial charge in [0.1, 0.15) is 0 Å². The van der Waals surface area contributed by atoms with Gasteiger partial charge in [0, 0.05) is 0 Å². The highest BCUT2D eigenvalue weighted by molar-refractivity contribution is 6.02. The monoisotopic (exact) mass is 227 g/mol. The minimum Gasteiger partial charge on any atom is -0.308 e. The van der Waals surface area contributed by atoms with Crippen molar-refractivity contribution in [2.24, 2.45) is 0 Å². The predicted octanol–water partition coefficient (Wildman–Crippen LogP) is 2.45. The number of carbonyl (C=O) groups is 1. The third-order valence-corrected chi connectivity index (χ3v) is 2.71. The van der Waals surface area contributed by atoms with E-state index in [0.29, 0.717) is 0 Å². The highest BCUT2D eigenvalue weighted by atomic mass is 19.2. The van der Waals surface area contributed by atoms with E-state index in [1.165, 1.54) is 19.1 Å². The summed E-state index contributed by atoms with van der Waals surface area (Å²) in [5.74, 6) is -2.50. The van der Waals surface area contributed by atoms with Crippen molar-refractivity contribution >= 4 is 5.78 Å². The summed E-state index contributed by atoms with van der Waals surface area (Å²) in [6.07, 6.45) is 0. The van der Waals surface area contributed by atoms with Gasteiger partial charge in [-0.15, -0.1) is 0 Å². The highest BCUT2D eigenvalue weighted by Gasteiger charge is 2.29. The summed E-state index contributed by atoms with van der Waals surface area (Å²) >= 11 is 0. The minimum atomic E-state index is -1.08. The zero-order chi connectivity index (χ0) is 12.5. The van der Waals surface area contributed by atoms with E-state index in [9.17, 15) is 13.6 Å². The number of rotatable bonds is 3. The van der Waals surface area contributed by atoms with E-state index in [4.69, 9.17) is 0 Å². The van der Waals surface area contributed by atoms with Gasteiger partial charge in [0.2, 0.25) is 0 Å². The van der Waals surface area contributed by atoms with Gasteiger partial charge in [-0.2, -0.15) is 0 Å². The van der Waals surface area contributed by atoms with Crippen molar-refractivity contribution in [2.75, 3.05) is 7.05 Å². The third-order valence-electron chi connectivity index (χ3n) is 2.71. The fourth-order valence-corrected chi connectivity index (χ4v) is 1.27. The number of benzene rings is 1. The van der Waals surface area contributed by atoms with Gasteiger partial charge in [-0.3, -0.25) is 4.79 Å². The van der Waals surface area contributed by atoms with E-state index in [1.54, 1.807) is 20.9 Å². The number of likely N-dealkylation sites (N-methyl/N-ethyl adjacent to an activating group) is 1. The van der Waals surface area contributed by atoms with Crippen molar-refractivity contribution in [3.05, 3.63) is 34.9 Å². The van der Waals surface area contributed by atoms with Crippen LogP contribution in [0.1, 0.15) is 29.8 Å². The first-order valence-corrected chi connectivity index (χ1v) is 4.99. The molecule has 88 valence electrons. The quantitative estimate of drug-likeness (QED) is 0.804. The van der Waals surface area contributed by atoms with Crippen LogP contribution in [0.2, 0.25) is 0 Å². The van der Waals surface area contributed by atoms with E-state index < -0.39 is 23.0 Å². The summed E-state index contributed by atoms with van der Waals surface area (Å²) in [6, 6.07) is 2.71. The summed E-state index contributed by atoms with van der Waals surface area (Å²) in [5.41, 5.74) is -0.943. The summed E-state index contributed by atoms with van der Waals surface area (Å²) in [4.78, 5) is 11.9. The summed E-state index contributed by atoms with van der Waals surface area (Å²) < 4.78 is 26.9. The Morgan fingerprint density at radius 3 is 2.31 bits per heavy atom. The van der Waals surface area contributed by atoms with Crippen LogP contribution >= 0.6 is 0 Å². The van der Waals surface area contributed by atoms with Gasteiger partial charge in [0.15, 0.2) is 17.4 Å². The Hall–Kier alpha value is -1.29. The lowest BCUT2D eigenvalue weighted by molar-refractivity contribution is 0.0884. The van der Waals surface area contributed by atoms with E-state index in [-0.39, 0.29) is 11.1 Å². The standard InChI is InChI=1S/C12H15F2NO/c1-7-5-6-8(10(14)9(7)13)11(16)12(2,3)15-4/h5-6,15H,1-4H3. The van der Waals surface area contributed by atoms with Crippen LogP contribution in [0.3, 0.4) is 0 Å². The molecule has 2 nitrogen and oxygen atoms in total. The van der Waals surface area contributed by atoms with Gasteiger partial charge in [0.25, 0.3) is 0 Å². The van der Waals surface area contributed by atoms with Gasteiger partial charge in [-0.05, 0) is 39.4 Å². The molecule has 0 unspecified atom stereocenters. The zero-order valence-corrected chi connectivity index (χ0v) is 9.82. The smallest absolute Gasteiger partial charge is 0.185 e. The molecule has 0 saturated carbocycles. The molecule has 0 aromatic heterocycles. The van der Waals surface area contributed by atoms with Crippen LogP contribution in [0.25, 0.3) is 0 Å². The molecule has 1 aromatic carbocycles. The molecule has 0 radical (unpaired) electrons. The average Bonchev–Trinajstić information content (AvgIpc) is 2.25. The van der Waals surface area contributed by atoms with Crippen molar-refractivity contribution in [2.45, 2.75) is 26.3 Å². The zero-order valence-electron chi connectivity index (χ0n) is 9.82. The Balaban J connectivity index is 3.26. The molecule has 0 bridgehead atoms. The lowest BCUT2D eigenvalue weighted by Crippen LogP contribution is -2.44. The van der Waals surface area contributed by atoms with Crippen molar-refractivity contribution in [1.82, 2.24) is 5.32 Å². The fraction of sp³-hybridized carbons (Fsp3) is 0.417. The van der Waals surface area contributed by atoms with E-state index in [0.717, 1.165) is 0 Å². The molecule has 0 aliphatic heterocycles. The minimum absolute atomic E-state index is 0.191. The molecule has 0 aliphatic rings. The molecule has 0 aliphatic carbocycles. The molecule has 0 heterocycles. The van der Waals surface area contributed by atoms with Crippen LogP contribution in [0.5, 0.6) is 0 Å². The molecule has 1 aromatic rings. The summed E-state index contributed by atoms with van der Waals surface area (Å²) in [6.45, 7) is 4.69. The first-order chi connectivity index (χ1) is 7.31. The number of nitrogens with one attached hydrogen (secondary N) is 1. The van der Waals surface area contributed by atoms with Crippen LogP contribution in [0.4, 0.5) is 8.78 Å². The molecular formula is C12H15F2NO. The number of halogens is 2. The van der Waals surface area contributed by atoms with E-state index in [2.05, 4.69) is 5.32 Å². The number of hydrogen-bond donors (Lipinski definition) is 1. The number of hydrogen-bond acceptors (Lipinski definition) is 2. The molecule has 0 spiro atoms. The average molecular weight is 227 g/mol. The molecule has 1 rings (SSSR count). The van der Waals surface area contributed by atoms with Gasteiger partial charge in [-0.1, -0.05) is 6.07 Å².